The zero-order valence-corrected chi connectivity index (χ0v) is 11.7. The number of anilines is 1. The van der Waals surface area contributed by atoms with E-state index < -0.39 is 0 Å². The van der Waals surface area contributed by atoms with Crippen LogP contribution in [-0.2, 0) is 0 Å². The maximum absolute atomic E-state index is 9.45. The molecule has 0 radical (unpaired) electrons. The lowest BCUT2D eigenvalue weighted by molar-refractivity contribution is 0.142. The topological polar surface area (TPSA) is 35.5 Å². The largest absolute Gasteiger partial charge is 0.394 e. The lowest BCUT2D eigenvalue weighted by Gasteiger charge is -2.41. The predicted octanol–water partition coefficient (Wildman–Crippen LogP) is 2.00. The summed E-state index contributed by atoms with van der Waals surface area (Å²) in [4.78, 5) is 2.37. The van der Waals surface area contributed by atoms with Gasteiger partial charge in [-0.1, -0.05) is 15.9 Å². The van der Waals surface area contributed by atoms with E-state index in [1.54, 1.807) is 0 Å². The number of likely N-dealkylation sites (N-methyl/N-ethyl adjacent to an activating group) is 1. The average Bonchev–Trinajstić information content (AvgIpc) is 2.40. The fourth-order valence-electron chi connectivity index (χ4n) is 2.33. The maximum Gasteiger partial charge on any atom is 0.0614 e. The average molecular weight is 299 g/mol. The van der Waals surface area contributed by atoms with Crippen molar-refractivity contribution in [1.82, 2.24) is 5.32 Å². The first-order valence-corrected chi connectivity index (χ1v) is 6.79. The van der Waals surface area contributed by atoms with E-state index >= 15 is 0 Å². The minimum atomic E-state index is -0.0775. The molecule has 1 saturated heterocycles. The first kappa shape index (κ1) is 12.9. The van der Waals surface area contributed by atoms with Crippen LogP contribution in [0.2, 0.25) is 0 Å². The van der Waals surface area contributed by atoms with Crippen LogP contribution in [0.4, 0.5) is 5.69 Å². The molecule has 1 aliphatic rings. The molecule has 2 rings (SSSR count). The van der Waals surface area contributed by atoms with Crippen LogP contribution in [0, 0.1) is 0 Å². The van der Waals surface area contributed by atoms with Gasteiger partial charge in [0.15, 0.2) is 0 Å². The van der Waals surface area contributed by atoms with E-state index in [0.717, 1.165) is 30.4 Å². The third-order valence-corrected chi connectivity index (χ3v) is 4.27. The highest BCUT2D eigenvalue weighted by Crippen LogP contribution is 2.26. The smallest absolute Gasteiger partial charge is 0.0614 e. The van der Waals surface area contributed by atoms with Crippen molar-refractivity contribution in [2.75, 3.05) is 31.6 Å². The molecule has 1 aromatic rings. The fourth-order valence-corrected chi connectivity index (χ4v) is 2.60. The Labute approximate surface area is 111 Å². The second kappa shape index (κ2) is 5.38. The molecule has 0 amide bonds. The van der Waals surface area contributed by atoms with Crippen LogP contribution in [0.1, 0.15) is 12.8 Å². The van der Waals surface area contributed by atoms with Gasteiger partial charge in [0.2, 0.25) is 0 Å². The Morgan fingerprint density at radius 1 is 1.29 bits per heavy atom. The number of rotatable bonds is 3. The number of hydrogen-bond donors (Lipinski definition) is 2. The Morgan fingerprint density at radius 2 is 1.88 bits per heavy atom. The maximum atomic E-state index is 9.45. The molecular weight excluding hydrogens is 280 g/mol. The van der Waals surface area contributed by atoms with Gasteiger partial charge < -0.3 is 15.3 Å². The van der Waals surface area contributed by atoms with Crippen LogP contribution in [0.3, 0.4) is 0 Å². The van der Waals surface area contributed by atoms with Crippen LogP contribution in [0.15, 0.2) is 28.7 Å². The molecule has 1 aromatic carbocycles. The quantitative estimate of drug-likeness (QED) is 0.896. The molecule has 0 atom stereocenters. The van der Waals surface area contributed by atoms with Gasteiger partial charge in [-0.3, -0.25) is 0 Å². The van der Waals surface area contributed by atoms with Crippen molar-refractivity contribution < 1.29 is 5.11 Å². The summed E-state index contributed by atoms with van der Waals surface area (Å²) in [7, 11) is 1.94. The van der Waals surface area contributed by atoms with Crippen LogP contribution >= 0.6 is 15.9 Å². The van der Waals surface area contributed by atoms with Crippen molar-refractivity contribution >= 4 is 21.6 Å². The second-order valence-corrected chi connectivity index (χ2v) is 5.57. The molecule has 0 unspecified atom stereocenters. The van der Waals surface area contributed by atoms with Gasteiger partial charge in [-0.05, 0) is 44.2 Å². The number of hydrogen-bond acceptors (Lipinski definition) is 3. The Kier molecular flexibility index (Phi) is 4.07. The first-order chi connectivity index (χ1) is 8.19. The molecule has 1 aliphatic heterocycles. The number of nitrogens with one attached hydrogen (secondary N) is 1. The third kappa shape index (κ3) is 2.81. The first-order valence-electron chi connectivity index (χ1n) is 5.99. The molecule has 2 N–H and O–H groups in total. The molecule has 0 aromatic heterocycles. The van der Waals surface area contributed by atoms with E-state index in [9.17, 15) is 5.11 Å². The minimum Gasteiger partial charge on any atom is -0.394 e. The molecule has 94 valence electrons. The molecule has 0 bridgehead atoms. The van der Waals surface area contributed by atoms with Crippen molar-refractivity contribution in [3.8, 4) is 0 Å². The molecule has 0 aliphatic carbocycles. The zero-order valence-electron chi connectivity index (χ0n) is 10.1. The van der Waals surface area contributed by atoms with E-state index in [1.165, 1.54) is 5.69 Å². The number of halogens is 1. The van der Waals surface area contributed by atoms with Crippen LogP contribution in [0.25, 0.3) is 0 Å². The molecule has 4 heteroatoms. The highest BCUT2D eigenvalue weighted by molar-refractivity contribution is 9.10. The summed E-state index contributed by atoms with van der Waals surface area (Å²) in [6.07, 6.45) is 1.96. The van der Waals surface area contributed by atoms with E-state index in [0.29, 0.717) is 0 Å². The van der Waals surface area contributed by atoms with E-state index in [1.807, 2.05) is 7.05 Å². The molecule has 3 nitrogen and oxygen atoms in total. The molecule has 17 heavy (non-hydrogen) atoms. The van der Waals surface area contributed by atoms with Crippen molar-refractivity contribution in [2.45, 2.75) is 18.4 Å². The Balaban J connectivity index is 2.01. The highest BCUT2D eigenvalue weighted by atomic mass is 79.9. The fraction of sp³-hybridized carbons (Fsp3) is 0.538. The number of benzene rings is 1. The summed E-state index contributed by atoms with van der Waals surface area (Å²) >= 11 is 3.45. The second-order valence-electron chi connectivity index (χ2n) is 4.65. The van der Waals surface area contributed by atoms with Gasteiger partial charge in [-0.25, -0.2) is 0 Å². The molecule has 0 spiro atoms. The molecule has 0 saturated carbocycles. The van der Waals surface area contributed by atoms with Gasteiger partial charge in [0.1, 0.15) is 0 Å². The standard InChI is InChI=1S/C13H19BrN2O/c1-15-13(10-17)6-8-16(9-7-13)12-4-2-11(14)3-5-12/h2-5,15,17H,6-10H2,1H3. The summed E-state index contributed by atoms with van der Waals surface area (Å²) in [6, 6.07) is 8.41. The highest BCUT2D eigenvalue weighted by Gasteiger charge is 2.32. The SMILES string of the molecule is CNC1(CO)CCN(c2ccc(Br)cc2)CC1. The van der Waals surface area contributed by atoms with Crippen LogP contribution in [-0.4, -0.2) is 37.4 Å². The summed E-state index contributed by atoms with van der Waals surface area (Å²) in [5.74, 6) is 0. The third-order valence-electron chi connectivity index (χ3n) is 3.75. The lowest BCUT2D eigenvalue weighted by atomic mass is 9.88. The van der Waals surface area contributed by atoms with Crippen LogP contribution in [0.5, 0.6) is 0 Å². The Morgan fingerprint density at radius 3 is 2.35 bits per heavy atom. The van der Waals surface area contributed by atoms with Gasteiger partial charge >= 0.3 is 0 Å². The van der Waals surface area contributed by atoms with Crippen molar-refractivity contribution in [3.05, 3.63) is 28.7 Å². The number of aliphatic hydroxyl groups excluding tert-OH is 1. The summed E-state index contributed by atoms with van der Waals surface area (Å²) in [5, 5.41) is 12.7. The molecule has 1 fully saturated rings. The summed E-state index contributed by atoms with van der Waals surface area (Å²) in [6.45, 7) is 2.20. The lowest BCUT2D eigenvalue weighted by Crippen LogP contribution is -2.54. The van der Waals surface area contributed by atoms with Crippen molar-refractivity contribution in [2.24, 2.45) is 0 Å². The van der Waals surface area contributed by atoms with E-state index in [2.05, 4.69) is 50.4 Å². The minimum absolute atomic E-state index is 0.0775. The number of nitrogens with zero attached hydrogens (tertiary/aromatic N) is 1. The monoisotopic (exact) mass is 298 g/mol. The number of piperidine rings is 1. The van der Waals surface area contributed by atoms with Gasteiger partial charge in [0.05, 0.1) is 6.61 Å². The Bertz CT molecular complexity index is 352. The van der Waals surface area contributed by atoms with Gasteiger partial charge in [0, 0.05) is 28.8 Å². The van der Waals surface area contributed by atoms with E-state index in [-0.39, 0.29) is 12.1 Å². The molecular formula is C13H19BrN2O. The molecule has 1 heterocycles. The summed E-state index contributed by atoms with van der Waals surface area (Å²) in [5.41, 5.74) is 1.18. The number of aliphatic hydroxyl groups is 1. The van der Waals surface area contributed by atoms with Crippen LogP contribution < -0.4 is 10.2 Å². The van der Waals surface area contributed by atoms with E-state index in [4.69, 9.17) is 0 Å². The van der Waals surface area contributed by atoms with Gasteiger partial charge in [-0.2, -0.15) is 0 Å². The zero-order chi connectivity index (χ0) is 12.3. The van der Waals surface area contributed by atoms with Gasteiger partial charge in [-0.15, -0.1) is 0 Å². The van der Waals surface area contributed by atoms with Crippen molar-refractivity contribution in [3.63, 3.8) is 0 Å². The normalized spacial score (nSPS) is 19.4. The van der Waals surface area contributed by atoms with Gasteiger partial charge in [0.25, 0.3) is 0 Å². The predicted molar refractivity (Wildman–Crippen MR) is 74.5 cm³/mol. The summed E-state index contributed by atoms with van der Waals surface area (Å²) < 4.78 is 1.11. The Hall–Kier alpha value is -0.580. The van der Waals surface area contributed by atoms with Crippen molar-refractivity contribution in [1.29, 1.82) is 0 Å².